The Balaban J connectivity index is 1.16. The van der Waals surface area contributed by atoms with Crippen LogP contribution in [0.25, 0.3) is 0 Å². The van der Waals surface area contributed by atoms with Gasteiger partial charge >= 0.3 is 20.2 Å². The fourth-order valence-electron chi connectivity index (χ4n) is 5.03. The van der Waals surface area contributed by atoms with E-state index in [0.717, 1.165) is 11.1 Å². The first-order valence-electron chi connectivity index (χ1n) is 14.4. The van der Waals surface area contributed by atoms with Gasteiger partial charge in [-0.3, -0.25) is 24.0 Å². The molecule has 0 spiro atoms. The number of imide groups is 1. The Morgan fingerprint density at radius 3 is 2.02 bits per heavy atom. The number of hydrogen-bond donors (Lipinski definition) is 5. The zero-order valence-electron chi connectivity index (χ0n) is 24.1. The van der Waals surface area contributed by atoms with Crippen LogP contribution in [0.5, 0.6) is 0 Å². The summed E-state index contributed by atoms with van der Waals surface area (Å²) in [6.45, 7) is 0.295. The lowest BCUT2D eigenvalue weighted by molar-refractivity contribution is -0.197. The summed E-state index contributed by atoms with van der Waals surface area (Å²) in [5.41, 5.74) is 3.03. The van der Waals surface area contributed by atoms with Crippen molar-refractivity contribution in [1.29, 1.82) is 0 Å². The minimum atomic E-state index is -1.14. The molecule has 3 aliphatic heterocycles. The molecule has 5 rings (SSSR count). The van der Waals surface area contributed by atoms with Crippen molar-refractivity contribution in [2.45, 2.75) is 51.4 Å². The molecule has 5 amide bonds. The Morgan fingerprint density at radius 1 is 0.844 bits per heavy atom. The smallest absolute Gasteiger partial charge is 0.423 e. The molecule has 2 aromatic carbocycles. The predicted molar refractivity (Wildman–Crippen MR) is 155 cm³/mol. The van der Waals surface area contributed by atoms with Gasteiger partial charge in [0, 0.05) is 49.5 Å². The van der Waals surface area contributed by atoms with E-state index in [2.05, 4.69) is 16.0 Å². The molecule has 0 bridgehead atoms. The summed E-state index contributed by atoms with van der Waals surface area (Å²) in [7, 11) is -2.27. The predicted octanol–water partition coefficient (Wildman–Crippen LogP) is -2.46. The van der Waals surface area contributed by atoms with Gasteiger partial charge in [-0.05, 0) is 52.7 Å². The second-order valence-corrected chi connectivity index (χ2v) is 10.7. The lowest BCUT2D eigenvalue weighted by Gasteiger charge is -2.20. The van der Waals surface area contributed by atoms with Gasteiger partial charge in [0.05, 0.1) is 19.6 Å². The van der Waals surface area contributed by atoms with E-state index in [1.807, 2.05) is 0 Å². The van der Waals surface area contributed by atoms with E-state index in [1.165, 1.54) is 12.1 Å². The number of benzene rings is 2. The summed E-state index contributed by atoms with van der Waals surface area (Å²) < 4.78 is 10.4. The fraction of sp³-hybridized carbons (Fsp3) is 0.357. The average Bonchev–Trinajstić information content (AvgIpc) is 3.70. The van der Waals surface area contributed by atoms with E-state index >= 15 is 0 Å². The molecule has 2 aromatic rings. The highest BCUT2D eigenvalue weighted by Crippen LogP contribution is 2.14. The van der Waals surface area contributed by atoms with E-state index in [-0.39, 0.29) is 69.5 Å². The number of hydroxylamine groups is 2. The van der Waals surface area contributed by atoms with Crippen molar-refractivity contribution in [3.63, 3.8) is 0 Å². The molecule has 5 N–H and O–H groups in total. The second-order valence-electron chi connectivity index (χ2n) is 10.7. The number of rotatable bonds is 12. The molecule has 45 heavy (non-hydrogen) atoms. The third-order valence-corrected chi connectivity index (χ3v) is 7.56. The number of nitrogens with zero attached hydrogens (tertiary/aromatic N) is 1. The standard InChI is InChI=1S/C28H30B2N4O11/c35-23(31-10-9-26(38)45-34-24(36)7-8-25(34)37)6-5-20(33-28(40)17-2-4-19-15-44-30(42)22(19)12-17)13-32-27(39)16-1-3-18-14-43-29(41)21(18)11-16/h1-4,11-12,20,41-42H,5-10,13-15H2,(H,31,35)(H,32,39)(H,33,40)/t20-/m1/s1. The molecule has 0 radical (unpaired) electrons. The van der Waals surface area contributed by atoms with Gasteiger partial charge in [-0.1, -0.05) is 12.1 Å². The molecule has 0 saturated carbocycles. The molecule has 0 aliphatic carbocycles. The van der Waals surface area contributed by atoms with Gasteiger partial charge in [0.25, 0.3) is 23.6 Å². The van der Waals surface area contributed by atoms with Gasteiger partial charge < -0.3 is 40.1 Å². The Hall–Kier alpha value is -4.57. The van der Waals surface area contributed by atoms with Crippen molar-refractivity contribution >= 4 is 60.7 Å². The molecule has 3 aliphatic rings. The lowest BCUT2D eigenvalue weighted by Crippen LogP contribution is -2.45. The van der Waals surface area contributed by atoms with Gasteiger partial charge in [0.2, 0.25) is 5.91 Å². The highest BCUT2D eigenvalue weighted by Gasteiger charge is 2.33. The highest BCUT2D eigenvalue weighted by atomic mass is 16.7. The maximum Gasteiger partial charge on any atom is 0.491 e. The van der Waals surface area contributed by atoms with Crippen LogP contribution in [0.4, 0.5) is 0 Å². The highest BCUT2D eigenvalue weighted by molar-refractivity contribution is 6.62. The van der Waals surface area contributed by atoms with Crippen molar-refractivity contribution in [3.8, 4) is 0 Å². The van der Waals surface area contributed by atoms with E-state index in [4.69, 9.17) is 14.1 Å². The number of amides is 5. The molecule has 234 valence electrons. The largest absolute Gasteiger partial charge is 0.491 e. The quantitative estimate of drug-likeness (QED) is 0.124. The van der Waals surface area contributed by atoms with Crippen molar-refractivity contribution in [2.75, 3.05) is 13.1 Å². The van der Waals surface area contributed by atoms with Crippen LogP contribution in [-0.2, 0) is 46.5 Å². The zero-order valence-corrected chi connectivity index (χ0v) is 24.1. The van der Waals surface area contributed by atoms with E-state index in [0.29, 0.717) is 16.0 Å². The number of carbonyl (C=O) groups excluding carboxylic acids is 6. The summed E-state index contributed by atoms with van der Waals surface area (Å²) in [6, 6.07) is 8.88. The van der Waals surface area contributed by atoms with Crippen LogP contribution < -0.4 is 26.9 Å². The number of fused-ring (bicyclic) bond motifs is 2. The van der Waals surface area contributed by atoms with Crippen molar-refractivity contribution in [3.05, 3.63) is 58.7 Å². The number of nitrogens with one attached hydrogen (secondary N) is 3. The molecule has 0 unspecified atom stereocenters. The van der Waals surface area contributed by atoms with Gasteiger partial charge in [-0.15, -0.1) is 5.06 Å². The van der Waals surface area contributed by atoms with Crippen molar-refractivity contribution in [1.82, 2.24) is 21.0 Å². The zero-order chi connectivity index (χ0) is 32.1. The summed E-state index contributed by atoms with van der Waals surface area (Å²) in [5.74, 6) is -3.49. The number of hydrogen-bond acceptors (Lipinski definition) is 11. The summed E-state index contributed by atoms with van der Waals surface area (Å²) in [4.78, 5) is 78.5. The Kier molecular flexibility index (Phi) is 9.93. The number of carbonyl (C=O) groups is 6. The normalized spacial score (nSPS) is 15.9. The monoisotopic (exact) mass is 620 g/mol. The maximum absolute atomic E-state index is 13.1. The summed E-state index contributed by atoms with van der Waals surface area (Å²) >= 11 is 0. The molecule has 1 saturated heterocycles. The van der Waals surface area contributed by atoms with Crippen LogP contribution >= 0.6 is 0 Å². The van der Waals surface area contributed by atoms with Gasteiger partial charge in [0.1, 0.15) is 0 Å². The minimum absolute atomic E-state index is 0.0325. The average molecular weight is 620 g/mol. The van der Waals surface area contributed by atoms with E-state index < -0.39 is 55.8 Å². The Morgan fingerprint density at radius 2 is 1.42 bits per heavy atom. The molecular formula is C28H30B2N4O11. The van der Waals surface area contributed by atoms with Crippen LogP contribution in [0.2, 0.25) is 0 Å². The topological polar surface area (TPSA) is 210 Å². The molecule has 1 atom stereocenters. The molecular weight excluding hydrogens is 590 g/mol. The van der Waals surface area contributed by atoms with Gasteiger partial charge in [-0.2, -0.15) is 0 Å². The Labute approximate surface area is 257 Å². The van der Waals surface area contributed by atoms with Crippen LogP contribution in [0.15, 0.2) is 36.4 Å². The van der Waals surface area contributed by atoms with Crippen LogP contribution in [0.1, 0.15) is 63.9 Å². The molecule has 0 aromatic heterocycles. The fourth-order valence-corrected chi connectivity index (χ4v) is 5.03. The third kappa shape index (κ3) is 7.75. The molecule has 15 nitrogen and oxygen atoms in total. The third-order valence-electron chi connectivity index (χ3n) is 7.56. The van der Waals surface area contributed by atoms with Crippen LogP contribution in [0, 0.1) is 0 Å². The van der Waals surface area contributed by atoms with Crippen molar-refractivity contribution in [2.24, 2.45) is 0 Å². The lowest BCUT2D eigenvalue weighted by atomic mass is 9.78. The maximum atomic E-state index is 13.1. The first-order valence-corrected chi connectivity index (χ1v) is 14.4. The van der Waals surface area contributed by atoms with E-state index in [9.17, 15) is 38.8 Å². The molecule has 17 heteroatoms. The second kappa shape index (κ2) is 14.0. The first kappa shape index (κ1) is 31.8. The molecule has 1 fully saturated rings. The van der Waals surface area contributed by atoms with Gasteiger partial charge in [-0.25, -0.2) is 4.79 Å². The van der Waals surface area contributed by atoms with Crippen LogP contribution in [0.3, 0.4) is 0 Å². The Bertz CT molecular complexity index is 1520. The minimum Gasteiger partial charge on any atom is -0.423 e. The van der Waals surface area contributed by atoms with E-state index in [1.54, 1.807) is 24.3 Å². The van der Waals surface area contributed by atoms with Crippen molar-refractivity contribution < 1.29 is 53.0 Å². The SMILES string of the molecule is O=C(CC[C@H](CNC(=O)c1ccc2c(c1)B(O)OC2)NC(=O)c1ccc2c(c1)B(O)OC2)NCCC(=O)ON1C(=O)CCC1=O. The van der Waals surface area contributed by atoms with Crippen LogP contribution in [-0.4, -0.2) is 84.0 Å². The summed E-state index contributed by atoms with van der Waals surface area (Å²) in [6.07, 6.45) is -0.331. The molecule has 3 heterocycles. The first-order chi connectivity index (χ1) is 21.6. The van der Waals surface area contributed by atoms with Gasteiger partial charge in [0.15, 0.2) is 0 Å². The summed E-state index contributed by atoms with van der Waals surface area (Å²) in [5, 5.41) is 28.5.